The molecule has 6 nitrogen and oxygen atoms in total. The van der Waals surface area contributed by atoms with E-state index in [0.717, 1.165) is 5.69 Å². The van der Waals surface area contributed by atoms with Crippen LogP contribution in [0, 0.1) is 0 Å². The van der Waals surface area contributed by atoms with Crippen LogP contribution in [0.4, 0.5) is 5.69 Å². The minimum Gasteiger partial charge on any atom is -0.484 e. The normalized spacial score (nSPS) is 16.8. The zero-order chi connectivity index (χ0) is 16.5. The number of likely N-dealkylation sites (N-methyl/N-ethyl adjacent to an activating group) is 1. The quantitative estimate of drug-likeness (QED) is 0.888. The number of benzene rings is 1. The molecule has 0 bridgehead atoms. The largest absolute Gasteiger partial charge is 0.484 e. The van der Waals surface area contributed by atoms with Crippen LogP contribution in [0.25, 0.3) is 0 Å². The molecule has 0 fully saturated rings. The first kappa shape index (κ1) is 16.8. The van der Waals surface area contributed by atoms with Crippen molar-refractivity contribution in [3.05, 3.63) is 18.2 Å². The lowest BCUT2D eigenvalue weighted by Crippen LogP contribution is -2.45. The summed E-state index contributed by atoms with van der Waals surface area (Å²) in [6, 6.07) is 4.79. The van der Waals surface area contributed by atoms with Crippen LogP contribution in [0.2, 0.25) is 0 Å². The number of Topliss-reactive ketones (excluding diaryl/α,β-unsaturated/α-hetero) is 1. The Kier molecular flexibility index (Phi) is 4.49. The van der Waals surface area contributed by atoms with E-state index < -0.39 is 10.0 Å². The van der Waals surface area contributed by atoms with Gasteiger partial charge in [0.25, 0.3) is 0 Å². The van der Waals surface area contributed by atoms with Crippen LogP contribution in [0.1, 0.15) is 27.2 Å². The van der Waals surface area contributed by atoms with Gasteiger partial charge in [0.1, 0.15) is 17.1 Å². The monoisotopic (exact) mass is 326 g/mol. The first-order valence-electron chi connectivity index (χ1n) is 7.14. The molecule has 0 aliphatic carbocycles. The highest BCUT2D eigenvalue weighted by Crippen LogP contribution is 2.37. The van der Waals surface area contributed by atoms with Gasteiger partial charge in [-0.25, -0.2) is 13.1 Å². The summed E-state index contributed by atoms with van der Waals surface area (Å²) in [7, 11) is -1.72. The van der Waals surface area contributed by atoms with Crippen molar-refractivity contribution in [2.45, 2.75) is 37.7 Å². The molecule has 1 aliphatic rings. The second kappa shape index (κ2) is 5.89. The molecular weight excluding hydrogens is 304 g/mol. The number of hydrogen-bond acceptors (Lipinski definition) is 5. The highest BCUT2D eigenvalue weighted by atomic mass is 32.2. The van der Waals surface area contributed by atoms with Crippen LogP contribution in [-0.2, 0) is 14.8 Å². The van der Waals surface area contributed by atoms with Crippen molar-refractivity contribution < 1.29 is 17.9 Å². The molecule has 1 aliphatic heterocycles. The molecular formula is C15H22N2O4S. The number of fused-ring (bicyclic) bond motifs is 1. The molecule has 0 aromatic heterocycles. The van der Waals surface area contributed by atoms with Crippen molar-refractivity contribution in [3.63, 3.8) is 0 Å². The smallest absolute Gasteiger partial charge is 0.240 e. The van der Waals surface area contributed by atoms with Crippen LogP contribution in [0.15, 0.2) is 23.1 Å². The predicted octanol–water partition coefficient (Wildman–Crippen LogP) is 1.55. The number of nitrogens with one attached hydrogen (secondary N) is 1. The number of carbonyl (C=O) groups excluding carboxylic acids is 1. The molecule has 122 valence electrons. The van der Waals surface area contributed by atoms with Gasteiger partial charge in [0.15, 0.2) is 0 Å². The lowest BCUT2D eigenvalue weighted by Gasteiger charge is -2.39. The number of carbonyl (C=O) groups is 1. The molecule has 0 atom stereocenters. The highest BCUT2D eigenvalue weighted by Gasteiger charge is 2.30. The molecule has 0 saturated carbocycles. The summed E-state index contributed by atoms with van der Waals surface area (Å²) in [6.45, 7) is 6.18. The molecule has 0 radical (unpaired) electrons. The van der Waals surface area contributed by atoms with Gasteiger partial charge in [0, 0.05) is 20.0 Å². The third-order valence-corrected chi connectivity index (χ3v) is 4.88. The van der Waals surface area contributed by atoms with Crippen molar-refractivity contribution >= 4 is 21.5 Å². The van der Waals surface area contributed by atoms with Gasteiger partial charge in [-0.2, -0.15) is 0 Å². The van der Waals surface area contributed by atoms with Crippen LogP contribution in [-0.4, -0.2) is 39.9 Å². The zero-order valence-corrected chi connectivity index (χ0v) is 14.2. The molecule has 22 heavy (non-hydrogen) atoms. The fraction of sp³-hybridized carbons (Fsp3) is 0.533. The third-order valence-electron chi connectivity index (χ3n) is 3.43. The molecule has 1 heterocycles. The van der Waals surface area contributed by atoms with E-state index in [0.29, 0.717) is 12.3 Å². The summed E-state index contributed by atoms with van der Waals surface area (Å²) in [5.41, 5.74) is 0.427. The Morgan fingerprint density at radius 1 is 1.41 bits per heavy atom. The van der Waals surface area contributed by atoms with E-state index in [4.69, 9.17) is 4.74 Å². The van der Waals surface area contributed by atoms with E-state index in [-0.39, 0.29) is 29.2 Å². The number of hydrogen-bond donors (Lipinski definition) is 1. The van der Waals surface area contributed by atoms with Gasteiger partial charge >= 0.3 is 0 Å². The average molecular weight is 326 g/mol. The molecule has 2 rings (SSSR count). The fourth-order valence-corrected chi connectivity index (χ4v) is 3.53. The Labute approximate surface area is 131 Å². The molecule has 1 aromatic carbocycles. The Morgan fingerprint density at radius 2 is 2.09 bits per heavy atom. The van der Waals surface area contributed by atoms with Gasteiger partial charge in [-0.15, -0.1) is 0 Å². The summed E-state index contributed by atoms with van der Waals surface area (Å²) in [4.78, 5) is 13.1. The second-order valence-electron chi connectivity index (χ2n) is 6.20. The minimum absolute atomic E-state index is 0.0523. The van der Waals surface area contributed by atoms with Gasteiger partial charge in [0.05, 0.1) is 17.1 Å². The molecule has 1 aromatic rings. The number of ketones is 1. The molecule has 1 N–H and O–H groups in total. The molecule has 7 heteroatoms. The first-order chi connectivity index (χ1) is 10.1. The van der Waals surface area contributed by atoms with Gasteiger partial charge in [0.2, 0.25) is 10.0 Å². The fourth-order valence-electron chi connectivity index (χ4n) is 2.48. The first-order valence-corrected chi connectivity index (χ1v) is 8.62. The lowest BCUT2D eigenvalue weighted by atomic mass is 10.1. The van der Waals surface area contributed by atoms with Crippen molar-refractivity contribution in [1.82, 2.24) is 4.72 Å². The van der Waals surface area contributed by atoms with E-state index in [1.807, 2.05) is 25.8 Å². The van der Waals surface area contributed by atoms with Gasteiger partial charge in [-0.05, 0) is 39.0 Å². The van der Waals surface area contributed by atoms with E-state index in [9.17, 15) is 13.2 Å². The Balaban J connectivity index is 2.24. The summed E-state index contributed by atoms with van der Waals surface area (Å²) in [5, 5.41) is 0. The van der Waals surface area contributed by atoms with Crippen LogP contribution >= 0.6 is 0 Å². The standard InChI is InChI=1S/C15H22N2O4S/c1-11(18)7-8-16-22(19,20)12-5-6-14-13(9-12)17(4)10-15(2,3)21-14/h5-6,9,16H,7-8,10H2,1-4H3. The van der Waals surface area contributed by atoms with Gasteiger partial charge < -0.3 is 9.64 Å². The summed E-state index contributed by atoms with van der Waals surface area (Å²) in [5.74, 6) is 0.616. The molecule has 0 spiro atoms. The van der Waals surface area contributed by atoms with E-state index in [1.54, 1.807) is 12.1 Å². The Hall–Kier alpha value is -1.60. The zero-order valence-electron chi connectivity index (χ0n) is 13.3. The number of sulfonamides is 1. The van der Waals surface area contributed by atoms with Crippen molar-refractivity contribution in [3.8, 4) is 5.75 Å². The lowest BCUT2D eigenvalue weighted by molar-refractivity contribution is -0.116. The Morgan fingerprint density at radius 3 is 2.73 bits per heavy atom. The average Bonchev–Trinajstić information content (AvgIpc) is 2.36. The van der Waals surface area contributed by atoms with Crippen LogP contribution in [0.3, 0.4) is 0 Å². The van der Waals surface area contributed by atoms with Crippen molar-refractivity contribution in [2.24, 2.45) is 0 Å². The summed E-state index contributed by atoms with van der Waals surface area (Å²) < 4.78 is 32.8. The highest BCUT2D eigenvalue weighted by molar-refractivity contribution is 7.89. The minimum atomic E-state index is -3.63. The maximum Gasteiger partial charge on any atom is 0.240 e. The number of anilines is 1. The predicted molar refractivity (Wildman–Crippen MR) is 84.9 cm³/mol. The Bertz CT molecular complexity index is 683. The van der Waals surface area contributed by atoms with E-state index in [2.05, 4.69) is 4.72 Å². The SMILES string of the molecule is CC(=O)CCNS(=O)(=O)c1ccc2c(c1)N(C)CC(C)(C)O2. The van der Waals surface area contributed by atoms with Crippen molar-refractivity contribution in [1.29, 1.82) is 0 Å². The summed E-state index contributed by atoms with van der Waals surface area (Å²) >= 11 is 0. The molecule has 0 saturated heterocycles. The maximum atomic E-state index is 12.3. The molecule has 0 unspecified atom stereocenters. The van der Waals surface area contributed by atoms with E-state index in [1.165, 1.54) is 13.0 Å². The van der Waals surface area contributed by atoms with Crippen LogP contribution < -0.4 is 14.4 Å². The second-order valence-corrected chi connectivity index (χ2v) is 7.96. The van der Waals surface area contributed by atoms with Gasteiger partial charge in [-0.3, -0.25) is 4.79 Å². The molecule has 0 amide bonds. The third kappa shape index (κ3) is 3.78. The summed E-state index contributed by atoms with van der Waals surface area (Å²) in [6.07, 6.45) is 0.182. The number of rotatable bonds is 5. The topological polar surface area (TPSA) is 75.7 Å². The number of ether oxygens (including phenoxy) is 1. The van der Waals surface area contributed by atoms with Gasteiger partial charge in [-0.1, -0.05) is 0 Å². The maximum absolute atomic E-state index is 12.3. The van der Waals surface area contributed by atoms with Crippen LogP contribution in [0.5, 0.6) is 5.75 Å². The van der Waals surface area contributed by atoms with Crippen molar-refractivity contribution in [2.75, 3.05) is 25.0 Å². The number of nitrogens with zero attached hydrogens (tertiary/aromatic N) is 1. The van der Waals surface area contributed by atoms with E-state index >= 15 is 0 Å².